The maximum Gasteiger partial charge on any atom is 0.306 e. The minimum absolute atomic E-state index is 0.0408. The predicted octanol–water partition coefficient (Wildman–Crippen LogP) is 2.28. The van der Waals surface area contributed by atoms with Crippen LogP contribution in [0.3, 0.4) is 0 Å². The van der Waals surface area contributed by atoms with Crippen LogP contribution in [0.4, 0.5) is 0 Å². The van der Waals surface area contributed by atoms with E-state index in [9.17, 15) is 9.59 Å². The molecule has 0 saturated heterocycles. The molecule has 21 heavy (non-hydrogen) atoms. The van der Waals surface area contributed by atoms with E-state index in [0.717, 1.165) is 4.88 Å². The first-order chi connectivity index (χ1) is 9.87. The van der Waals surface area contributed by atoms with Crippen LogP contribution in [0.5, 0.6) is 0 Å². The zero-order valence-electron chi connectivity index (χ0n) is 12.5. The van der Waals surface area contributed by atoms with E-state index in [-0.39, 0.29) is 18.9 Å². The third kappa shape index (κ3) is 5.56. The third-order valence-electron chi connectivity index (χ3n) is 3.31. The first kappa shape index (κ1) is 17.2. The lowest BCUT2D eigenvalue weighted by Gasteiger charge is -2.27. The van der Waals surface area contributed by atoms with E-state index in [4.69, 9.17) is 10.00 Å². The Morgan fingerprint density at radius 1 is 1.52 bits per heavy atom. The van der Waals surface area contributed by atoms with Crippen molar-refractivity contribution in [1.29, 1.82) is 5.26 Å². The number of esters is 1. The zero-order chi connectivity index (χ0) is 15.9. The van der Waals surface area contributed by atoms with Crippen molar-refractivity contribution in [2.45, 2.75) is 39.2 Å². The molecule has 0 aromatic carbocycles. The lowest BCUT2D eigenvalue weighted by molar-refractivity contribution is -0.148. The Bertz CT molecular complexity index is 520. The molecule has 1 heterocycles. The molecule has 5 nitrogen and oxygen atoms in total. The van der Waals surface area contributed by atoms with Crippen LogP contribution in [0, 0.1) is 17.2 Å². The van der Waals surface area contributed by atoms with Gasteiger partial charge < -0.3 is 10.1 Å². The van der Waals surface area contributed by atoms with Gasteiger partial charge in [0, 0.05) is 4.88 Å². The lowest BCUT2D eigenvalue weighted by atomic mass is 9.90. The van der Waals surface area contributed by atoms with Crippen LogP contribution in [-0.2, 0) is 20.7 Å². The zero-order valence-corrected chi connectivity index (χ0v) is 13.3. The van der Waals surface area contributed by atoms with E-state index in [1.165, 1.54) is 0 Å². The maximum absolute atomic E-state index is 11.7. The molecule has 1 aromatic rings. The molecule has 0 aliphatic rings. The van der Waals surface area contributed by atoms with Gasteiger partial charge in [-0.1, -0.05) is 19.9 Å². The number of ether oxygens (including phenoxy) is 1. The van der Waals surface area contributed by atoms with Gasteiger partial charge in [0.2, 0.25) is 0 Å². The smallest absolute Gasteiger partial charge is 0.306 e. The molecular weight excluding hydrogens is 288 g/mol. The van der Waals surface area contributed by atoms with Gasteiger partial charge in [0.15, 0.2) is 6.61 Å². The average Bonchev–Trinajstić information content (AvgIpc) is 2.95. The summed E-state index contributed by atoms with van der Waals surface area (Å²) < 4.78 is 4.92. The number of nitrogens with zero attached hydrogens (tertiary/aromatic N) is 1. The number of carbonyl (C=O) groups excluding carboxylic acids is 2. The summed E-state index contributed by atoms with van der Waals surface area (Å²) in [6.45, 7) is 4.98. The number of aryl methyl sites for hydroxylation is 1. The molecule has 1 N–H and O–H groups in total. The summed E-state index contributed by atoms with van der Waals surface area (Å²) in [5.41, 5.74) is -0.958. The first-order valence-electron chi connectivity index (χ1n) is 6.77. The average molecular weight is 308 g/mol. The Morgan fingerprint density at radius 3 is 2.76 bits per heavy atom. The Labute approximate surface area is 128 Å². The van der Waals surface area contributed by atoms with Gasteiger partial charge in [0.25, 0.3) is 5.91 Å². The molecule has 0 radical (unpaired) electrons. The van der Waals surface area contributed by atoms with Crippen molar-refractivity contribution in [3.05, 3.63) is 22.4 Å². The normalized spacial score (nSPS) is 13.3. The van der Waals surface area contributed by atoms with Crippen LogP contribution < -0.4 is 5.32 Å². The number of rotatable bonds is 7. The summed E-state index contributed by atoms with van der Waals surface area (Å²) in [4.78, 5) is 24.4. The van der Waals surface area contributed by atoms with Crippen molar-refractivity contribution in [3.63, 3.8) is 0 Å². The second-order valence-electron chi connectivity index (χ2n) is 5.26. The fourth-order valence-electron chi connectivity index (χ4n) is 1.53. The van der Waals surface area contributed by atoms with Crippen LogP contribution in [0.25, 0.3) is 0 Å². The van der Waals surface area contributed by atoms with Gasteiger partial charge >= 0.3 is 5.97 Å². The lowest BCUT2D eigenvalue weighted by Crippen LogP contribution is -2.50. The van der Waals surface area contributed by atoms with Crippen molar-refractivity contribution in [2.75, 3.05) is 6.61 Å². The summed E-state index contributed by atoms with van der Waals surface area (Å²) in [7, 11) is 0. The van der Waals surface area contributed by atoms with Crippen molar-refractivity contribution >= 4 is 23.2 Å². The molecule has 1 aromatic heterocycles. The molecule has 6 heteroatoms. The number of hydrogen-bond donors (Lipinski definition) is 1. The van der Waals surface area contributed by atoms with Gasteiger partial charge in [0.1, 0.15) is 5.54 Å². The summed E-state index contributed by atoms with van der Waals surface area (Å²) in [6.07, 6.45) is 0.855. The second-order valence-corrected chi connectivity index (χ2v) is 6.29. The Morgan fingerprint density at radius 2 is 2.24 bits per heavy atom. The quantitative estimate of drug-likeness (QED) is 0.784. The van der Waals surface area contributed by atoms with Crippen molar-refractivity contribution in [3.8, 4) is 6.07 Å². The van der Waals surface area contributed by atoms with E-state index < -0.39 is 17.4 Å². The summed E-state index contributed by atoms with van der Waals surface area (Å²) >= 11 is 1.58. The third-order valence-corrected chi connectivity index (χ3v) is 4.24. The number of hydrogen-bond acceptors (Lipinski definition) is 5. The van der Waals surface area contributed by atoms with Crippen LogP contribution in [0.15, 0.2) is 17.5 Å². The Kier molecular flexibility index (Phi) is 6.38. The van der Waals surface area contributed by atoms with Crippen molar-refractivity contribution in [2.24, 2.45) is 5.92 Å². The van der Waals surface area contributed by atoms with Crippen LogP contribution in [-0.4, -0.2) is 24.0 Å². The standard InChI is InChI=1S/C15H20N2O3S/c1-11(2)15(3,10-16)17-13(18)9-20-14(19)7-6-12-5-4-8-21-12/h4-5,8,11H,6-7,9H2,1-3H3,(H,17,18)/t15-/m1/s1. The van der Waals surface area contributed by atoms with Gasteiger partial charge in [0.05, 0.1) is 12.5 Å². The topological polar surface area (TPSA) is 79.2 Å². The fourth-order valence-corrected chi connectivity index (χ4v) is 2.23. The molecule has 0 fully saturated rings. The molecule has 1 rings (SSSR count). The number of nitriles is 1. The highest BCUT2D eigenvalue weighted by molar-refractivity contribution is 7.09. The van der Waals surface area contributed by atoms with Gasteiger partial charge in [-0.25, -0.2) is 0 Å². The fraction of sp³-hybridized carbons (Fsp3) is 0.533. The minimum atomic E-state index is -0.958. The van der Waals surface area contributed by atoms with E-state index in [2.05, 4.69) is 11.4 Å². The summed E-state index contributed by atoms with van der Waals surface area (Å²) in [6, 6.07) is 5.94. The van der Waals surface area contributed by atoms with Crippen molar-refractivity contribution in [1.82, 2.24) is 5.32 Å². The Hall–Kier alpha value is -1.87. The first-order valence-corrected chi connectivity index (χ1v) is 7.65. The molecule has 0 unspecified atom stereocenters. The highest BCUT2D eigenvalue weighted by atomic mass is 32.1. The molecule has 0 saturated carbocycles. The van der Waals surface area contributed by atoms with Crippen molar-refractivity contribution < 1.29 is 14.3 Å². The highest BCUT2D eigenvalue weighted by Gasteiger charge is 2.30. The van der Waals surface area contributed by atoms with E-state index in [0.29, 0.717) is 6.42 Å². The molecule has 0 aliphatic heterocycles. The number of thiophene rings is 1. The van der Waals surface area contributed by atoms with Gasteiger partial charge in [-0.05, 0) is 30.7 Å². The number of nitrogens with one attached hydrogen (secondary N) is 1. The van der Waals surface area contributed by atoms with Gasteiger partial charge in [-0.15, -0.1) is 11.3 Å². The largest absolute Gasteiger partial charge is 0.456 e. The second kappa shape index (κ2) is 7.79. The predicted molar refractivity (Wildman–Crippen MR) is 80.6 cm³/mol. The molecule has 1 amide bonds. The molecule has 1 atom stereocenters. The monoisotopic (exact) mass is 308 g/mol. The van der Waals surface area contributed by atoms with Crippen LogP contribution in [0.1, 0.15) is 32.1 Å². The van der Waals surface area contributed by atoms with Gasteiger partial charge in [-0.2, -0.15) is 5.26 Å². The minimum Gasteiger partial charge on any atom is -0.456 e. The Balaban J connectivity index is 2.32. The van der Waals surface area contributed by atoms with Crippen LogP contribution in [0.2, 0.25) is 0 Å². The van der Waals surface area contributed by atoms with Gasteiger partial charge in [-0.3, -0.25) is 9.59 Å². The van der Waals surface area contributed by atoms with E-state index in [1.807, 2.05) is 31.4 Å². The van der Waals surface area contributed by atoms with E-state index >= 15 is 0 Å². The summed E-state index contributed by atoms with van der Waals surface area (Å²) in [5, 5.41) is 13.6. The van der Waals surface area contributed by atoms with Crippen LogP contribution >= 0.6 is 11.3 Å². The molecule has 0 bridgehead atoms. The summed E-state index contributed by atoms with van der Waals surface area (Å²) in [5.74, 6) is -0.917. The molecule has 0 aliphatic carbocycles. The number of carbonyl (C=O) groups is 2. The number of amides is 1. The molecule has 114 valence electrons. The molecular formula is C15H20N2O3S. The SMILES string of the molecule is CC(C)[C@@](C)(C#N)NC(=O)COC(=O)CCc1cccs1. The molecule has 0 spiro atoms. The maximum atomic E-state index is 11.7. The highest BCUT2D eigenvalue weighted by Crippen LogP contribution is 2.15. The van der Waals surface area contributed by atoms with E-state index in [1.54, 1.807) is 18.3 Å².